The van der Waals surface area contributed by atoms with Gasteiger partial charge in [0.15, 0.2) is 0 Å². The molecule has 0 aromatic carbocycles. The molecule has 0 aromatic rings. The molecule has 0 radical (unpaired) electrons. The number of fused-ring (bicyclic) bond motifs is 1. The molecule has 6 unspecified atom stereocenters. The smallest absolute Gasteiger partial charge is 0.303 e. The zero-order chi connectivity index (χ0) is 17.0. The number of aliphatic hydroxyl groups is 1. The van der Waals surface area contributed by atoms with Crippen molar-refractivity contribution < 1.29 is 19.4 Å². The minimum atomic E-state index is -0.928. The quantitative estimate of drug-likeness (QED) is 0.638. The average molecular weight is 324 g/mol. The van der Waals surface area contributed by atoms with Gasteiger partial charge in [-0.25, -0.2) is 0 Å². The highest BCUT2D eigenvalue weighted by Crippen LogP contribution is 2.57. The van der Waals surface area contributed by atoms with Crippen LogP contribution in [-0.2, 0) is 14.3 Å². The largest absolute Gasteiger partial charge is 0.460 e. The molecule has 1 heterocycles. The number of carbonyl (C=O) groups is 1. The van der Waals surface area contributed by atoms with E-state index < -0.39 is 5.60 Å². The third-order valence-corrected chi connectivity index (χ3v) is 7.01. The van der Waals surface area contributed by atoms with Crippen LogP contribution in [0.3, 0.4) is 0 Å². The summed E-state index contributed by atoms with van der Waals surface area (Å²) in [6.45, 7) is 10.2. The van der Waals surface area contributed by atoms with Crippen molar-refractivity contribution in [2.75, 3.05) is 0 Å². The van der Waals surface area contributed by atoms with Crippen LogP contribution in [-0.4, -0.2) is 34.5 Å². The lowest BCUT2D eigenvalue weighted by atomic mass is 9.57. The van der Waals surface area contributed by atoms with Crippen molar-refractivity contribution in [1.29, 1.82) is 0 Å². The first-order chi connectivity index (χ1) is 10.5. The average Bonchev–Trinajstić information content (AvgIpc) is 3.10. The third kappa shape index (κ3) is 3.17. The fraction of sp³-hybridized carbons (Fsp3) is 0.947. The first-order valence-corrected chi connectivity index (χ1v) is 9.12. The van der Waals surface area contributed by atoms with Crippen molar-refractivity contribution in [3.8, 4) is 0 Å². The van der Waals surface area contributed by atoms with Gasteiger partial charge < -0.3 is 14.6 Å². The number of ether oxygens (including phenoxy) is 2. The predicted octanol–water partition coefficient (Wildman–Crippen LogP) is 3.45. The standard InChI is InChI=1S/C19H32O4/c1-12(20)22-15-8-6-13(10-18(15,4)21)17(2,3)14-7-9-16-19(5,11-14)23-16/h13-16,21H,6-11H2,1-5H3. The van der Waals surface area contributed by atoms with Crippen molar-refractivity contribution in [2.45, 2.75) is 96.6 Å². The molecule has 2 saturated carbocycles. The van der Waals surface area contributed by atoms with Gasteiger partial charge in [0.25, 0.3) is 0 Å². The van der Waals surface area contributed by atoms with E-state index in [1.807, 2.05) is 6.92 Å². The normalized spacial score (nSPS) is 46.9. The van der Waals surface area contributed by atoms with E-state index in [0.717, 1.165) is 19.3 Å². The van der Waals surface area contributed by atoms with E-state index in [-0.39, 0.29) is 23.1 Å². The molecule has 1 N–H and O–H groups in total. The summed E-state index contributed by atoms with van der Waals surface area (Å²) in [5.41, 5.74) is -0.647. The molecule has 132 valence electrons. The Bertz CT molecular complexity index is 484. The summed E-state index contributed by atoms with van der Waals surface area (Å²) < 4.78 is 11.2. The molecule has 0 amide bonds. The Hall–Kier alpha value is -0.610. The Labute approximate surface area is 139 Å². The topological polar surface area (TPSA) is 59.1 Å². The highest BCUT2D eigenvalue weighted by Gasteiger charge is 2.58. The fourth-order valence-electron chi connectivity index (χ4n) is 5.16. The van der Waals surface area contributed by atoms with Gasteiger partial charge in [0.05, 0.1) is 17.3 Å². The molecule has 1 saturated heterocycles. The van der Waals surface area contributed by atoms with Gasteiger partial charge in [0, 0.05) is 6.92 Å². The molecule has 0 bridgehead atoms. The van der Waals surface area contributed by atoms with Gasteiger partial charge >= 0.3 is 5.97 Å². The van der Waals surface area contributed by atoms with Crippen molar-refractivity contribution in [3.63, 3.8) is 0 Å². The highest BCUT2D eigenvalue weighted by molar-refractivity contribution is 5.66. The van der Waals surface area contributed by atoms with E-state index >= 15 is 0 Å². The minimum absolute atomic E-state index is 0.109. The monoisotopic (exact) mass is 324 g/mol. The Morgan fingerprint density at radius 2 is 1.74 bits per heavy atom. The summed E-state index contributed by atoms with van der Waals surface area (Å²) in [6, 6.07) is 0. The highest BCUT2D eigenvalue weighted by atomic mass is 16.6. The molecule has 3 fully saturated rings. The second-order valence-electron chi connectivity index (χ2n) is 9.15. The molecule has 2 aliphatic carbocycles. The zero-order valence-electron chi connectivity index (χ0n) is 15.2. The van der Waals surface area contributed by atoms with Gasteiger partial charge in [-0.3, -0.25) is 4.79 Å². The van der Waals surface area contributed by atoms with E-state index in [9.17, 15) is 9.90 Å². The molecule has 3 rings (SSSR count). The van der Waals surface area contributed by atoms with Crippen molar-refractivity contribution >= 4 is 5.97 Å². The maximum Gasteiger partial charge on any atom is 0.303 e. The van der Waals surface area contributed by atoms with Crippen LogP contribution in [0.4, 0.5) is 0 Å². The van der Waals surface area contributed by atoms with Gasteiger partial charge in [-0.1, -0.05) is 13.8 Å². The molecule has 3 aliphatic rings. The van der Waals surface area contributed by atoms with Crippen molar-refractivity contribution in [3.05, 3.63) is 0 Å². The van der Waals surface area contributed by atoms with E-state index in [2.05, 4.69) is 20.8 Å². The van der Waals surface area contributed by atoms with Crippen LogP contribution < -0.4 is 0 Å². The first kappa shape index (κ1) is 17.2. The summed E-state index contributed by atoms with van der Waals surface area (Å²) in [7, 11) is 0. The second kappa shape index (κ2) is 5.45. The van der Waals surface area contributed by atoms with Crippen LogP contribution >= 0.6 is 0 Å². The SMILES string of the molecule is CC(=O)OC1CCC(C(C)(C)C2CCC3OC3(C)C2)CC1(C)O. The third-order valence-electron chi connectivity index (χ3n) is 7.01. The molecule has 4 heteroatoms. The number of hydrogen-bond donors (Lipinski definition) is 1. The number of hydrogen-bond acceptors (Lipinski definition) is 4. The molecular formula is C19H32O4. The fourth-order valence-corrected chi connectivity index (χ4v) is 5.16. The molecular weight excluding hydrogens is 292 g/mol. The van der Waals surface area contributed by atoms with Crippen LogP contribution in [0, 0.1) is 17.3 Å². The minimum Gasteiger partial charge on any atom is -0.460 e. The Morgan fingerprint density at radius 1 is 1.13 bits per heavy atom. The predicted molar refractivity (Wildman–Crippen MR) is 87.9 cm³/mol. The maximum atomic E-state index is 11.3. The molecule has 1 aliphatic heterocycles. The number of carbonyl (C=O) groups excluding carboxylic acids is 1. The van der Waals surface area contributed by atoms with Crippen LogP contribution in [0.5, 0.6) is 0 Å². The zero-order valence-corrected chi connectivity index (χ0v) is 15.2. The van der Waals surface area contributed by atoms with E-state index in [1.54, 1.807) is 0 Å². The summed E-state index contributed by atoms with van der Waals surface area (Å²) in [6.07, 6.45) is 6.11. The molecule has 6 atom stereocenters. The van der Waals surface area contributed by atoms with Gasteiger partial charge in [0.1, 0.15) is 6.10 Å². The van der Waals surface area contributed by atoms with Crippen LogP contribution in [0.1, 0.15) is 73.1 Å². The maximum absolute atomic E-state index is 11.3. The summed E-state index contributed by atoms with van der Waals surface area (Å²) >= 11 is 0. The summed E-state index contributed by atoms with van der Waals surface area (Å²) in [5.74, 6) is 0.788. The van der Waals surface area contributed by atoms with Crippen LogP contribution in [0.25, 0.3) is 0 Å². The van der Waals surface area contributed by atoms with E-state index in [0.29, 0.717) is 24.4 Å². The van der Waals surface area contributed by atoms with Crippen LogP contribution in [0.2, 0.25) is 0 Å². The number of rotatable bonds is 3. The van der Waals surface area contributed by atoms with E-state index in [1.165, 1.54) is 19.8 Å². The van der Waals surface area contributed by atoms with Gasteiger partial charge in [-0.05, 0) is 69.6 Å². The van der Waals surface area contributed by atoms with Crippen molar-refractivity contribution in [1.82, 2.24) is 0 Å². The summed E-state index contributed by atoms with van der Waals surface area (Å²) in [4.78, 5) is 11.3. The lowest BCUT2D eigenvalue weighted by molar-refractivity contribution is -0.174. The second-order valence-corrected chi connectivity index (χ2v) is 9.15. The van der Waals surface area contributed by atoms with Gasteiger partial charge in [-0.15, -0.1) is 0 Å². The van der Waals surface area contributed by atoms with Gasteiger partial charge in [-0.2, -0.15) is 0 Å². The Balaban J connectivity index is 1.68. The van der Waals surface area contributed by atoms with Crippen molar-refractivity contribution in [2.24, 2.45) is 17.3 Å². The van der Waals surface area contributed by atoms with E-state index in [4.69, 9.17) is 9.47 Å². The first-order valence-electron chi connectivity index (χ1n) is 9.12. The molecule has 23 heavy (non-hydrogen) atoms. The molecule has 0 spiro atoms. The lowest BCUT2D eigenvalue weighted by Gasteiger charge is -2.49. The number of epoxide rings is 1. The Kier molecular flexibility index (Phi) is 4.08. The summed E-state index contributed by atoms with van der Waals surface area (Å²) in [5, 5.41) is 10.8. The Morgan fingerprint density at radius 3 is 2.30 bits per heavy atom. The van der Waals surface area contributed by atoms with Gasteiger partial charge in [0.2, 0.25) is 0 Å². The molecule has 0 aromatic heterocycles. The lowest BCUT2D eigenvalue weighted by Crippen LogP contribution is -2.51. The number of esters is 1. The molecule has 4 nitrogen and oxygen atoms in total. The van der Waals surface area contributed by atoms with Crippen LogP contribution in [0.15, 0.2) is 0 Å².